The van der Waals surface area contributed by atoms with Gasteiger partial charge < -0.3 is 10.1 Å². The summed E-state index contributed by atoms with van der Waals surface area (Å²) in [6.45, 7) is 10.3. The van der Waals surface area contributed by atoms with Crippen LogP contribution in [-0.4, -0.2) is 19.3 Å². The third-order valence-corrected chi connectivity index (χ3v) is 3.33. The molecule has 2 atom stereocenters. The van der Waals surface area contributed by atoms with Crippen molar-refractivity contribution < 1.29 is 4.74 Å². The zero-order chi connectivity index (χ0) is 13.4. The highest BCUT2D eigenvalue weighted by atomic mass is 16.5. The lowest BCUT2D eigenvalue weighted by atomic mass is 9.99. The van der Waals surface area contributed by atoms with Gasteiger partial charge in [-0.3, -0.25) is 0 Å². The maximum Gasteiger partial charge on any atom is 0.0622 e. The van der Waals surface area contributed by atoms with Gasteiger partial charge in [-0.1, -0.05) is 51.1 Å². The van der Waals surface area contributed by atoms with E-state index in [0.29, 0.717) is 18.0 Å². The van der Waals surface area contributed by atoms with E-state index >= 15 is 0 Å². The van der Waals surface area contributed by atoms with E-state index in [2.05, 4.69) is 56.4 Å². The number of benzene rings is 1. The molecule has 0 aliphatic heterocycles. The van der Waals surface area contributed by atoms with Crippen molar-refractivity contribution in [1.29, 1.82) is 0 Å². The smallest absolute Gasteiger partial charge is 0.0622 e. The Balaban J connectivity index is 2.65. The summed E-state index contributed by atoms with van der Waals surface area (Å²) < 4.78 is 5.58. The maximum atomic E-state index is 5.58. The zero-order valence-electron chi connectivity index (χ0n) is 12.1. The van der Waals surface area contributed by atoms with E-state index in [-0.39, 0.29) is 0 Å². The van der Waals surface area contributed by atoms with Gasteiger partial charge in [0.25, 0.3) is 0 Å². The second kappa shape index (κ2) is 8.28. The highest BCUT2D eigenvalue weighted by Gasteiger charge is 2.18. The van der Waals surface area contributed by atoms with Gasteiger partial charge in [0.1, 0.15) is 0 Å². The van der Waals surface area contributed by atoms with E-state index in [9.17, 15) is 0 Å². The molecule has 0 radical (unpaired) electrons. The van der Waals surface area contributed by atoms with E-state index in [4.69, 9.17) is 4.74 Å². The fourth-order valence-electron chi connectivity index (χ4n) is 2.07. The molecular formula is C16H27NO. The van der Waals surface area contributed by atoms with Gasteiger partial charge in [-0.25, -0.2) is 0 Å². The van der Waals surface area contributed by atoms with Crippen LogP contribution < -0.4 is 5.32 Å². The first kappa shape index (κ1) is 15.2. The van der Waals surface area contributed by atoms with Crippen molar-refractivity contribution in [2.75, 3.05) is 13.2 Å². The highest BCUT2D eigenvalue weighted by Crippen LogP contribution is 2.18. The van der Waals surface area contributed by atoms with Gasteiger partial charge in [0.2, 0.25) is 0 Å². The number of nitrogens with one attached hydrogen (secondary N) is 1. The van der Waals surface area contributed by atoms with Gasteiger partial charge in [0.05, 0.1) is 6.61 Å². The van der Waals surface area contributed by atoms with Crippen molar-refractivity contribution in [1.82, 2.24) is 5.32 Å². The summed E-state index contributed by atoms with van der Waals surface area (Å²) in [5.74, 6) is 0.578. The van der Waals surface area contributed by atoms with Crippen LogP contribution in [0.15, 0.2) is 30.3 Å². The van der Waals surface area contributed by atoms with E-state index in [0.717, 1.165) is 19.6 Å². The van der Waals surface area contributed by atoms with Crippen LogP contribution in [0.3, 0.4) is 0 Å². The van der Waals surface area contributed by atoms with Crippen LogP contribution in [0.25, 0.3) is 0 Å². The first-order valence-electron chi connectivity index (χ1n) is 7.07. The van der Waals surface area contributed by atoms with Crippen molar-refractivity contribution in [3.8, 4) is 0 Å². The predicted octanol–water partition coefficient (Wildman–Crippen LogP) is 3.79. The minimum atomic E-state index is 0.412. The Morgan fingerprint density at radius 1 is 1.11 bits per heavy atom. The van der Waals surface area contributed by atoms with Gasteiger partial charge in [-0.15, -0.1) is 0 Å². The lowest BCUT2D eigenvalue weighted by Gasteiger charge is -2.28. The molecule has 1 N–H and O–H groups in total. The summed E-state index contributed by atoms with van der Waals surface area (Å²) in [6, 6.07) is 11.5. The Labute approximate surface area is 112 Å². The van der Waals surface area contributed by atoms with Crippen molar-refractivity contribution in [3.63, 3.8) is 0 Å². The molecule has 102 valence electrons. The topological polar surface area (TPSA) is 21.3 Å². The second-order valence-corrected chi connectivity index (χ2v) is 5.05. The van der Waals surface area contributed by atoms with Gasteiger partial charge >= 0.3 is 0 Å². The number of ether oxygens (including phenoxy) is 1. The SMILES string of the molecule is CCOCC(NC(CC)c1ccccc1)C(C)C. The van der Waals surface area contributed by atoms with Crippen LogP contribution in [0.1, 0.15) is 45.7 Å². The fraction of sp³-hybridized carbons (Fsp3) is 0.625. The van der Waals surface area contributed by atoms with E-state index in [1.54, 1.807) is 0 Å². The third kappa shape index (κ3) is 4.79. The van der Waals surface area contributed by atoms with Crippen LogP contribution in [0.2, 0.25) is 0 Å². The van der Waals surface area contributed by atoms with Crippen molar-refractivity contribution in [2.45, 2.75) is 46.2 Å². The molecule has 0 saturated heterocycles. The number of rotatable bonds is 8. The van der Waals surface area contributed by atoms with Gasteiger partial charge in [0, 0.05) is 18.7 Å². The molecule has 0 amide bonds. The van der Waals surface area contributed by atoms with Crippen molar-refractivity contribution >= 4 is 0 Å². The number of hydrogen-bond donors (Lipinski definition) is 1. The summed E-state index contributed by atoms with van der Waals surface area (Å²) in [4.78, 5) is 0. The standard InChI is InChI=1S/C16H27NO/c1-5-15(14-10-8-7-9-11-14)17-16(13(3)4)12-18-6-2/h7-11,13,15-17H,5-6,12H2,1-4H3. The molecule has 0 aliphatic rings. The Kier molecular flexibility index (Phi) is 6.99. The quantitative estimate of drug-likeness (QED) is 0.757. The summed E-state index contributed by atoms with van der Waals surface area (Å²) in [6.07, 6.45) is 1.10. The second-order valence-electron chi connectivity index (χ2n) is 5.05. The molecule has 2 nitrogen and oxygen atoms in total. The molecule has 0 spiro atoms. The van der Waals surface area contributed by atoms with Crippen molar-refractivity contribution in [2.24, 2.45) is 5.92 Å². The normalized spacial score (nSPS) is 14.7. The largest absolute Gasteiger partial charge is 0.380 e. The molecule has 18 heavy (non-hydrogen) atoms. The highest BCUT2D eigenvalue weighted by molar-refractivity contribution is 5.18. The molecule has 0 saturated carbocycles. The minimum Gasteiger partial charge on any atom is -0.380 e. The molecule has 1 aromatic rings. The van der Waals surface area contributed by atoms with Gasteiger partial charge in [0.15, 0.2) is 0 Å². The molecule has 0 fully saturated rings. The molecule has 0 bridgehead atoms. The lowest BCUT2D eigenvalue weighted by Crippen LogP contribution is -2.40. The summed E-state index contributed by atoms with van der Waals surface area (Å²) in [7, 11) is 0. The Morgan fingerprint density at radius 2 is 1.78 bits per heavy atom. The van der Waals surface area contributed by atoms with Gasteiger partial charge in [-0.05, 0) is 24.8 Å². The van der Waals surface area contributed by atoms with Crippen LogP contribution in [0, 0.1) is 5.92 Å². The molecule has 2 heteroatoms. The van der Waals surface area contributed by atoms with Crippen LogP contribution in [0.5, 0.6) is 0 Å². The fourth-order valence-corrected chi connectivity index (χ4v) is 2.07. The third-order valence-electron chi connectivity index (χ3n) is 3.33. The molecule has 1 aromatic carbocycles. The average molecular weight is 249 g/mol. The van der Waals surface area contributed by atoms with Gasteiger partial charge in [-0.2, -0.15) is 0 Å². The monoisotopic (exact) mass is 249 g/mol. The summed E-state index contributed by atoms with van der Waals surface area (Å²) >= 11 is 0. The first-order chi connectivity index (χ1) is 8.69. The average Bonchev–Trinajstić information content (AvgIpc) is 2.39. The predicted molar refractivity (Wildman–Crippen MR) is 77.7 cm³/mol. The Bertz CT molecular complexity index is 310. The van der Waals surface area contributed by atoms with Crippen LogP contribution in [0.4, 0.5) is 0 Å². The van der Waals surface area contributed by atoms with E-state index in [1.807, 2.05) is 6.92 Å². The van der Waals surface area contributed by atoms with Crippen molar-refractivity contribution in [3.05, 3.63) is 35.9 Å². The molecule has 0 aliphatic carbocycles. The lowest BCUT2D eigenvalue weighted by molar-refractivity contribution is 0.103. The summed E-state index contributed by atoms with van der Waals surface area (Å²) in [5, 5.41) is 3.73. The maximum absolute atomic E-state index is 5.58. The zero-order valence-corrected chi connectivity index (χ0v) is 12.1. The molecule has 0 aromatic heterocycles. The van der Waals surface area contributed by atoms with Crippen LogP contribution in [-0.2, 0) is 4.74 Å². The molecule has 2 unspecified atom stereocenters. The molecule has 0 heterocycles. The Hall–Kier alpha value is -0.860. The Morgan fingerprint density at radius 3 is 2.28 bits per heavy atom. The molecular weight excluding hydrogens is 222 g/mol. The van der Waals surface area contributed by atoms with E-state index < -0.39 is 0 Å². The minimum absolute atomic E-state index is 0.412. The summed E-state index contributed by atoms with van der Waals surface area (Å²) in [5.41, 5.74) is 1.36. The number of hydrogen-bond acceptors (Lipinski definition) is 2. The van der Waals surface area contributed by atoms with Crippen LogP contribution >= 0.6 is 0 Å². The molecule has 1 rings (SSSR count). The first-order valence-corrected chi connectivity index (χ1v) is 7.07. The van der Waals surface area contributed by atoms with E-state index in [1.165, 1.54) is 5.56 Å².